The zero-order valence-corrected chi connectivity index (χ0v) is 27.9. The zero-order chi connectivity index (χ0) is 30.6. The highest BCUT2D eigenvalue weighted by atomic mass is 16.5. The molecule has 0 heterocycles. The SMILES string of the molecule is CC(C1=CC(C)(C)CC(C(C)(C)C)(C(C)(C)C)C1(O)O)C1=CC(C)(C)CC(C(C)(C)C)(C(C)(C)C)C1(O)O. The second-order valence-corrected chi connectivity index (χ2v) is 18.4. The van der Waals surface area contributed by atoms with Gasteiger partial charge in [0.15, 0.2) is 11.6 Å². The van der Waals surface area contributed by atoms with Gasteiger partial charge in [0.25, 0.3) is 0 Å². The molecule has 0 aliphatic heterocycles. The van der Waals surface area contributed by atoms with Gasteiger partial charge in [0, 0.05) is 16.7 Å². The van der Waals surface area contributed by atoms with Gasteiger partial charge in [-0.3, -0.25) is 0 Å². The summed E-state index contributed by atoms with van der Waals surface area (Å²) in [5.41, 5.74) is -3.37. The van der Waals surface area contributed by atoms with Gasteiger partial charge in [0.05, 0.1) is 0 Å². The maximum Gasteiger partial charge on any atom is 0.193 e. The Morgan fingerprint density at radius 2 is 0.737 bits per heavy atom. The summed E-state index contributed by atoms with van der Waals surface area (Å²) in [5.74, 6) is -4.93. The van der Waals surface area contributed by atoms with Gasteiger partial charge in [-0.05, 0) is 56.5 Å². The van der Waals surface area contributed by atoms with Crippen molar-refractivity contribution in [1.82, 2.24) is 0 Å². The maximum atomic E-state index is 12.4. The predicted octanol–water partition coefficient (Wildman–Crippen LogP) is 7.85. The molecule has 0 bridgehead atoms. The minimum absolute atomic E-state index is 0.331. The molecule has 4 heteroatoms. The third-order valence-electron chi connectivity index (χ3n) is 10.6. The van der Waals surface area contributed by atoms with Crippen molar-refractivity contribution in [2.75, 3.05) is 0 Å². The molecule has 0 aromatic heterocycles. The third kappa shape index (κ3) is 4.58. The topological polar surface area (TPSA) is 80.9 Å². The smallest absolute Gasteiger partial charge is 0.193 e. The molecule has 38 heavy (non-hydrogen) atoms. The summed E-state index contributed by atoms with van der Waals surface area (Å²) in [6.45, 7) is 35.7. The largest absolute Gasteiger partial charge is 0.362 e. The van der Waals surface area contributed by atoms with Crippen LogP contribution in [0.3, 0.4) is 0 Å². The highest BCUT2D eigenvalue weighted by molar-refractivity contribution is 5.41. The first-order valence-electron chi connectivity index (χ1n) is 14.6. The molecule has 2 aliphatic rings. The molecule has 0 aromatic carbocycles. The second kappa shape index (κ2) is 8.66. The molecule has 0 spiro atoms. The van der Waals surface area contributed by atoms with Crippen LogP contribution < -0.4 is 0 Å². The van der Waals surface area contributed by atoms with Crippen LogP contribution in [0.4, 0.5) is 0 Å². The number of rotatable bonds is 2. The van der Waals surface area contributed by atoms with Crippen molar-refractivity contribution in [3.8, 4) is 0 Å². The lowest BCUT2D eigenvalue weighted by atomic mass is 9.41. The van der Waals surface area contributed by atoms with Gasteiger partial charge in [0.2, 0.25) is 0 Å². The first-order valence-corrected chi connectivity index (χ1v) is 14.6. The Balaban J connectivity index is 2.99. The molecule has 4 nitrogen and oxygen atoms in total. The Bertz CT molecular complexity index is 867. The molecule has 2 rings (SSSR count). The van der Waals surface area contributed by atoms with E-state index in [1.54, 1.807) is 0 Å². The summed E-state index contributed by atoms with van der Waals surface area (Å²) in [4.78, 5) is 0. The van der Waals surface area contributed by atoms with Crippen molar-refractivity contribution in [1.29, 1.82) is 0 Å². The van der Waals surface area contributed by atoms with Gasteiger partial charge >= 0.3 is 0 Å². The Morgan fingerprint density at radius 3 is 0.921 bits per heavy atom. The van der Waals surface area contributed by atoms with Crippen LogP contribution in [0, 0.1) is 49.2 Å². The molecule has 0 amide bonds. The van der Waals surface area contributed by atoms with Gasteiger partial charge in [0.1, 0.15) is 0 Å². The van der Waals surface area contributed by atoms with Gasteiger partial charge in [-0.15, -0.1) is 0 Å². The van der Waals surface area contributed by atoms with Gasteiger partial charge in [-0.25, -0.2) is 0 Å². The summed E-state index contributed by atoms with van der Waals surface area (Å²) in [6, 6.07) is 0. The molecule has 0 unspecified atom stereocenters. The van der Waals surface area contributed by atoms with E-state index < -0.39 is 50.0 Å². The quantitative estimate of drug-likeness (QED) is 0.215. The Hall–Kier alpha value is -0.680. The minimum Gasteiger partial charge on any atom is -0.362 e. The van der Waals surface area contributed by atoms with Crippen molar-refractivity contribution >= 4 is 0 Å². The van der Waals surface area contributed by atoms with Crippen LogP contribution in [0.2, 0.25) is 0 Å². The normalized spacial score (nSPS) is 26.6. The molecular formula is C34H62O4. The highest BCUT2D eigenvalue weighted by Crippen LogP contribution is 2.70. The lowest BCUT2D eigenvalue weighted by Crippen LogP contribution is -2.68. The van der Waals surface area contributed by atoms with Crippen LogP contribution in [0.5, 0.6) is 0 Å². The van der Waals surface area contributed by atoms with Crippen LogP contribution in [-0.4, -0.2) is 32.0 Å². The number of allylic oxidation sites excluding steroid dienone is 2. The third-order valence-corrected chi connectivity index (χ3v) is 10.6. The number of hydrogen-bond acceptors (Lipinski definition) is 4. The molecule has 0 saturated heterocycles. The van der Waals surface area contributed by atoms with E-state index in [4.69, 9.17) is 0 Å². The number of aliphatic hydroxyl groups is 4. The van der Waals surface area contributed by atoms with Gasteiger partial charge in [-0.2, -0.15) is 0 Å². The monoisotopic (exact) mass is 534 g/mol. The van der Waals surface area contributed by atoms with Crippen LogP contribution >= 0.6 is 0 Å². The van der Waals surface area contributed by atoms with Crippen molar-refractivity contribution in [2.24, 2.45) is 49.2 Å². The predicted molar refractivity (Wildman–Crippen MR) is 159 cm³/mol. The van der Waals surface area contributed by atoms with E-state index >= 15 is 0 Å². The molecule has 2 aliphatic carbocycles. The lowest BCUT2D eigenvalue weighted by Gasteiger charge is -2.66. The van der Waals surface area contributed by atoms with E-state index in [9.17, 15) is 20.4 Å². The first kappa shape index (κ1) is 33.5. The molecule has 222 valence electrons. The van der Waals surface area contributed by atoms with E-state index in [1.165, 1.54) is 0 Å². The highest BCUT2D eigenvalue weighted by Gasteiger charge is 2.70. The number of hydrogen-bond donors (Lipinski definition) is 4. The summed E-state index contributed by atoms with van der Waals surface area (Å²) >= 11 is 0. The fraction of sp³-hybridized carbons (Fsp3) is 0.882. The molecule has 0 fully saturated rings. The summed E-state index contributed by atoms with van der Waals surface area (Å²) in [7, 11) is 0. The summed E-state index contributed by atoms with van der Waals surface area (Å²) in [5, 5.41) is 49.6. The van der Waals surface area contributed by atoms with Crippen LogP contribution in [0.25, 0.3) is 0 Å². The first-order chi connectivity index (χ1) is 16.3. The molecule has 0 aromatic rings. The zero-order valence-electron chi connectivity index (χ0n) is 27.9. The molecule has 0 radical (unpaired) electrons. The Morgan fingerprint density at radius 1 is 0.526 bits per heavy atom. The molecular weight excluding hydrogens is 472 g/mol. The fourth-order valence-electron chi connectivity index (χ4n) is 9.68. The fourth-order valence-corrected chi connectivity index (χ4v) is 9.68. The minimum atomic E-state index is -2.16. The van der Waals surface area contributed by atoms with E-state index in [-0.39, 0.29) is 10.8 Å². The van der Waals surface area contributed by atoms with E-state index in [0.717, 1.165) is 0 Å². The summed E-state index contributed by atoms with van der Waals surface area (Å²) < 4.78 is 0. The molecule has 0 atom stereocenters. The second-order valence-electron chi connectivity index (χ2n) is 18.4. The van der Waals surface area contributed by atoms with E-state index in [1.807, 2.05) is 19.1 Å². The standard InChI is InChI=1S/C34H62O4/c1-22(23-18-29(14,15)20-31(25(2,3)4,26(5,6)7)33(23,35)36)24-19-30(16,17)21-32(27(8,9)10,28(11,12)13)34(24,37)38/h18-19,22,35-38H,20-21H2,1-17H3. The van der Waals surface area contributed by atoms with Crippen LogP contribution in [0.15, 0.2) is 23.3 Å². The van der Waals surface area contributed by atoms with Crippen molar-refractivity contribution in [3.63, 3.8) is 0 Å². The van der Waals surface area contributed by atoms with Crippen molar-refractivity contribution in [2.45, 2.75) is 142 Å². The van der Waals surface area contributed by atoms with Gasteiger partial charge < -0.3 is 20.4 Å². The lowest BCUT2D eigenvalue weighted by molar-refractivity contribution is -0.310. The van der Waals surface area contributed by atoms with Crippen molar-refractivity contribution in [3.05, 3.63) is 23.3 Å². The van der Waals surface area contributed by atoms with Gasteiger partial charge in [-0.1, -0.05) is 130 Å². The van der Waals surface area contributed by atoms with Crippen molar-refractivity contribution < 1.29 is 20.4 Å². The van der Waals surface area contributed by atoms with Crippen LogP contribution in [0.1, 0.15) is 131 Å². The maximum absolute atomic E-state index is 12.4. The summed E-state index contributed by atoms with van der Waals surface area (Å²) in [6.07, 6.45) is 5.19. The van der Waals surface area contributed by atoms with Crippen LogP contribution in [-0.2, 0) is 0 Å². The van der Waals surface area contributed by atoms with E-state index in [2.05, 4.69) is 111 Å². The van der Waals surface area contributed by atoms with E-state index in [0.29, 0.717) is 24.0 Å². The molecule has 4 N–H and O–H groups in total. The molecule has 0 saturated carbocycles. The average Bonchev–Trinajstić information content (AvgIpc) is 2.60. The Labute approximate surface area is 235 Å². The average molecular weight is 535 g/mol. The Kier molecular flexibility index (Phi) is 7.64.